The molecule has 1 radical (unpaired) electrons. The first kappa shape index (κ1) is 28.1. The summed E-state index contributed by atoms with van der Waals surface area (Å²) < 4.78 is 0. The molecule has 2 heteroatoms. The molecule has 3 atom stereocenters. The second-order valence-electron chi connectivity index (χ2n) is 8.94. The van der Waals surface area contributed by atoms with Crippen LogP contribution in [0.25, 0.3) is 5.57 Å². The van der Waals surface area contributed by atoms with Gasteiger partial charge >= 0.3 is 0 Å². The quantitative estimate of drug-likeness (QED) is 0.257. The van der Waals surface area contributed by atoms with E-state index in [1.54, 1.807) is 5.57 Å². The highest BCUT2D eigenvalue weighted by molar-refractivity contribution is 5.96. The zero-order valence-corrected chi connectivity index (χ0v) is 22.2. The smallest absolute Gasteiger partial charge is 0.202 e. The van der Waals surface area contributed by atoms with Crippen molar-refractivity contribution in [1.82, 2.24) is 0 Å². The Kier molecular flexibility index (Phi) is 10.5. The molecule has 2 aromatic carbocycles. The molecule has 2 aromatic rings. The van der Waals surface area contributed by atoms with Gasteiger partial charge in [0.15, 0.2) is 5.78 Å². The van der Waals surface area contributed by atoms with E-state index in [4.69, 9.17) is 0 Å². The van der Waals surface area contributed by atoms with Crippen molar-refractivity contribution in [2.24, 2.45) is 11.8 Å². The maximum absolute atomic E-state index is 11.3. The normalized spacial score (nSPS) is 19.7. The maximum Gasteiger partial charge on any atom is 0.202 e. The minimum atomic E-state index is -0.218. The van der Waals surface area contributed by atoms with Crippen LogP contribution in [0.5, 0.6) is 0 Å². The highest BCUT2D eigenvalue weighted by Gasteiger charge is 2.46. The van der Waals surface area contributed by atoms with E-state index >= 15 is 0 Å². The Bertz CT molecular complexity index is 1160. The lowest BCUT2D eigenvalue weighted by Crippen LogP contribution is -2.01. The molecule has 0 bridgehead atoms. The van der Waals surface area contributed by atoms with Crippen LogP contribution in [0.4, 0.5) is 0 Å². The van der Waals surface area contributed by atoms with Gasteiger partial charge in [0.25, 0.3) is 0 Å². The Labute approximate surface area is 214 Å². The zero-order valence-electron chi connectivity index (χ0n) is 22.2. The van der Waals surface area contributed by atoms with Gasteiger partial charge in [-0.1, -0.05) is 81.8 Å². The molecule has 185 valence electrons. The molecule has 0 heterocycles. The summed E-state index contributed by atoms with van der Waals surface area (Å²) in [5.74, 6) is 4.19. The topological polar surface area (TPSA) is 34.1 Å². The number of terminal acetylenes is 1. The number of aryl methyl sites for hydroxylation is 2. The van der Waals surface area contributed by atoms with Crippen LogP contribution < -0.4 is 0 Å². The second-order valence-corrected chi connectivity index (χ2v) is 8.94. The molecule has 3 aliphatic carbocycles. The molecule has 5 rings (SSSR count). The number of allylic oxidation sites excluding steroid dienone is 4. The van der Waals surface area contributed by atoms with E-state index in [1.165, 1.54) is 41.2 Å². The van der Waals surface area contributed by atoms with Gasteiger partial charge in [-0.05, 0) is 78.3 Å². The molecule has 0 aromatic heterocycles. The van der Waals surface area contributed by atoms with Crippen LogP contribution in [0.15, 0.2) is 60.2 Å². The van der Waals surface area contributed by atoms with Crippen LogP contribution in [0.2, 0.25) is 0 Å². The van der Waals surface area contributed by atoms with Crippen molar-refractivity contribution < 1.29 is 11.0 Å². The lowest BCUT2D eigenvalue weighted by atomic mass is 9.88. The van der Waals surface area contributed by atoms with Crippen molar-refractivity contribution in [3.05, 3.63) is 94.9 Å². The van der Waals surface area contributed by atoms with E-state index in [2.05, 4.69) is 56.7 Å². The molecular weight excluding hydrogens is 428 g/mol. The number of carbonyl (C=O) groups excluding carboxylic acids is 2. The van der Waals surface area contributed by atoms with Crippen molar-refractivity contribution in [3.63, 3.8) is 0 Å². The lowest BCUT2D eigenvalue weighted by Gasteiger charge is -2.15. The molecule has 35 heavy (non-hydrogen) atoms. The molecule has 0 N–H and O–H groups in total. The van der Waals surface area contributed by atoms with Crippen LogP contribution in [0, 0.1) is 45.0 Å². The largest absolute Gasteiger partial charge is 0.294 e. The summed E-state index contributed by atoms with van der Waals surface area (Å²) in [6, 6.07) is 14.7. The summed E-state index contributed by atoms with van der Waals surface area (Å²) in [6.07, 6.45) is 12.3. The second kappa shape index (κ2) is 13.1. The minimum Gasteiger partial charge on any atom is -0.294 e. The molecule has 0 spiro atoms. The molecule has 2 nitrogen and oxygen atoms in total. The van der Waals surface area contributed by atoms with Gasteiger partial charge in [0.1, 0.15) is 0 Å². The van der Waals surface area contributed by atoms with Gasteiger partial charge in [0, 0.05) is 26.3 Å². The van der Waals surface area contributed by atoms with Crippen molar-refractivity contribution in [2.75, 3.05) is 0 Å². The molecule has 1 saturated carbocycles. The molecule has 3 aliphatic rings. The summed E-state index contributed by atoms with van der Waals surface area (Å²) in [5.41, 5.74) is 9.46. The fourth-order valence-electron chi connectivity index (χ4n) is 4.64. The van der Waals surface area contributed by atoms with E-state index < -0.39 is 0 Å². The van der Waals surface area contributed by atoms with Gasteiger partial charge in [0.05, 0.1) is 0 Å². The van der Waals surface area contributed by atoms with Crippen molar-refractivity contribution in [1.29, 1.82) is 0 Å². The molecule has 0 saturated heterocycles. The van der Waals surface area contributed by atoms with Gasteiger partial charge in [-0.25, -0.2) is 0 Å². The Hall–Kier alpha value is -3.18. The van der Waals surface area contributed by atoms with Gasteiger partial charge < -0.3 is 0 Å². The Balaban J connectivity index is 0.000000290. The summed E-state index contributed by atoms with van der Waals surface area (Å²) in [5, 5.41) is 0. The first-order valence-electron chi connectivity index (χ1n) is 12.7. The van der Waals surface area contributed by atoms with E-state index in [0.717, 1.165) is 23.8 Å². The van der Waals surface area contributed by atoms with E-state index in [9.17, 15) is 9.59 Å². The average molecular weight is 470 g/mol. The fraction of sp³-hybridized carbons (Fsp3) is 0.364. The third-order valence-electron chi connectivity index (χ3n) is 6.70. The Morgan fingerprint density at radius 1 is 1.11 bits per heavy atom. The maximum atomic E-state index is 11.3. The highest BCUT2D eigenvalue weighted by Crippen LogP contribution is 2.59. The van der Waals surface area contributed by atoms with E-state index in [0.29, 0.717) is 12.3 Å². The molecule has 0 amide bonds. The van der Waals surface area contributed by atoms with Crippen molar-refractivity contribution in [3.8, 4) is 12.3 Å². The third-order valence-corrected chi connectivity index (χ3v) is 6.70. The van der Waals surface area contributed by atoms with Crippen molar-refractivity contribution >= 4 is 17.1 Å². The number of benzene rings is 2. The number of ketones is 2. The van der Waals surface area contributed by atoms with Crippen LogP contribution >= 0.6 is 0 Å². The van der Waals surface area contributed by atoms with Crippen LogP contribution in [0.3, 0.4) is 0 Å². The minimum absolute atomic E-state index is 0. The first-order chi connectivity index (χ1) is 16.8. The van der Waals surface area contributed by atoms with Gasteiger partial charge in [-0.15, -0.1) is 6.42 Å². The van der Waals surface area contributed by atoms with Crippen molar-refractivity contribution in [2.45, 2.75) is 66.7 Å². The number of hydrogen-bond donors (Lipinski definition) is 0. The molecule has 1 fully saturated rings. The molecular formula is C33H41O2. The lowest BCUT2D eigenvalue weighted by molar-refractivity contribution is -0.111. The summed E-state index contributed by atoms with van der Waals surface area (Å²) in [7, 11) is 0. The van der Waals surface area contributed by atoms with Crippen LogP contribution in [-0.2, 0) is 4.79 Å². The summed E-state index contributed by atoms with van der Waals surface area (Å²) in [4.78, 5) is 20.9. The highest BCUT2D eigenvalue weighted by atomic mass is 16.1. The predicted octanol–water partition coefficient (Wildman–Crippen LogP) is 8.34. The number of carbonyl (C=O) groups is 2. The third kappa shape index (κ3) is 6.70. The first-order valence-corrected chi connectivity index (χ1v) is 12.7. The Morgan fingerprint density at radius 3 is 2.34 bits per heavy atom. The van der Waals surface area contributed by atoms with Gasteiger partial charge in [0.2, 0.25) is 5.78 Å². The van der Waals surface area contributed by atoms with Gasteiger partial charge in [-0.3, -0.25) is 9.59 Å². The molecule has 0 aliphatic heterocycles. The van der Waals surface area contributed by atoms with E-state index in [-0.39, 0.29) is 13.0 Å². The average Bonchev–Trinajstić information content (AvgIpc) is 3.61. The number of rotatable bonds is 3. The Morgan fingerprint density at radius 2 is 1.77 bits per heavy atom. The summed E-state index contributed by atoms with van der Waals surface area (Å²) in [6.45, 7) is 15.5. The van der Waals surface area contributed by atoms with Gasteiger partial charge in [-0.2, -0.15) is 0 Å². The zero-order chi connectivity index (χ0) is 26.1. The number of fused-ring (bicyclic) bond motifs is 4. The van der Waals surface area contributed by atoms with Crippen LogP contribution in [0.1, 0.15) is 86.9 Å². The number of hydrogen-bond acceptors (Lipinski definition) is 2. The van der Waals surface area contributed by atoms with E-state index in [1.807, 2.05) is 51.8 Å². The molecule has 3 unspecified atom stereocenters. The predicted molar refractivity (Wildman–Crippen MR) is 150 cm³/mol. The monoisotopic (exact) mass is 469 g/mol. The SMILES string of the molecule is C#CC(C)=O.CC.CCC(=O)c1ccc(C)c(C)c1.[CH2]CC1C2=C(C=CC3CC23)c2ccccc21.[HH]. The van der Waals surface area contributed by atoms with Crippen LogP contribution in [-0.4, -0.2) is 11.6 Å². The number of Topliss-reactive ketones (excluding diaryl/α,β-unsaturated/α-hetero) is 2. The fourth-order valence-corrected chi connectivity index (χ4v) is 4.64. The standard InChI is InChI=1S/C16H15.C11H14O.C4H4O.C2H6.H2/c1-2-11-12-5-3-4-6-13(12)14-8-7-10-9-15(10)16(11)14;1-4-11(12)10-6-5-8(2)9(3)7-10;1-3-4(2)5;1-2;/h3-8,10-11,15H,1-2,9H2;5-7H,4H2,1-3H3;1H,2H3;1-2H3;1H. The summed E-state index contributed by atoms with van der Waals surface area (Å²) >= 11 is 0.